The summed E-state index contributed by atoms with van der Waals surface area (Å²) < 4.78 is 64.8. The third-order valence-electron chi connectivity index (χ3n) is 7.95. The minimum Gasteiger partial charge on any atom is -0.479 e. The number of hydrogen-bond donors (Lipinski definition) is 7. The van der Waals surface area contributed by atoms with Crippen LogP contribution in [-0.2, 0) is 49.5 Å². The van der Waals surface area contributed by atoms with Crippen LogP contribution in [0.2, 0.25) is 0 Å². The van der Waals surface area contributed by atoms with Gasteiger partial charge in [0, 0.05) is 6.42 Å². The Bertz CT molecular complexity index is 1170. The van der Waals surface area contributed by atoms with Gasteiger partial charge in [-0.05, 0) is 25.3 Å². The molecular weight excluding hydrogens is 612 g/mol. The molecule has 0 bridgehead atoms. The molecule has 1 saturated carbocycles. The summed E-state index contributed by atoms with van der Waals surface area (Å²) in [4.78, 5) is 12.1. The fourth-order valence-corrected chi connectivity index (χ4v) is 5.83. The number of ether oxygens (including phenoxy) is 5. The van der Waals surface area contributed by atoms with Gasteiger partial charge in [-0.1, -0.05) is 43.2 Å². The number of carboxylic acid groups (broad SMARTS) is 1. The quantitative estimate of drug-likeness (QED) is 0.127. The smallest absolute Gasteiger partial charge is 0.397 e. The zero-order valence-corrected chi connectivity index (χ0v) is 24.7. The minimum absolute atomic E-state index is 0.133. The van der Waals surface area contributed by atoms with Crippen LogP contribution in [0.15, 0.2) is 30.3 Å². The van der Waals surface area contributed by atoms with Crippen LogP contribution in [0.5, 0.6) is 0 Å². The van der Waals surface area contributed by atoms with Crippen LogP contribution >= 0.6 is 0 Å². The van der Waals surface area contributed by atoms with Gasteiger partial charge in [0.05, 0.1) is 24.9 Å². The van der Waals surface area contributed by atoms with Crippen molar-refractivity contribution in [2.75, 3.05) is 6.61 Å². The molecule has 2 aliphatic heterocycles. The second-order valence-corrected chi connectivity index (χ2v) is 12.3. The molecular formula is C27H40O16S. The molecule has 0 radical (unpaired) electrons. The molecule has 1 aliphatic carbocycles. The highest BCUT2D eigenvalue weighted by atomic mass is 32.3. The summed E-state index contributed by atoms with van der Waals surface area (Å²) in [6.07, 6.45) is -16.2. The van der Waals surface area contributed by atoms with E-state index in [0.717, 1.165) is 0 Å². The van der Waals surface area contributed by atoms with Gasteiger partial charge in [-0.15, -0.1) is 0 Å². The molecule has 0 amide bonds. The molecule has 1 aromatic rings. The van der Waals surface area contributed by atoms with E-state index in [1.807, 2.05) is 0 Å². The Morgan fingerprint density at radius 1 is 0.886 bits per heavy atom. The lowest BCUT2D eigenvalue weighted by atomic mass is 9.93. The molecule has 4 rings (SSSR count). The summed E-state index contributed by atoms with van der Waals surface area (Å²) in [6.45, 7) is 0.577. The molecule has 0 aromatic heterocycles. The Kier molecular flexibility index (Phi) is 12.1. The maximum absolute atomic E-state index is 12.1. The molecule has 2 heterocycles. The molecule has 13 atom stereocenters. The largest absolute Gasteiger partial charge is 0.479 e. The van der Waals surface area contributed by atoms with Crippen molar-refractivity contribution in [3.8, 4) is 0 Å². The van der Waals surface area contributed by atoms with E-state index in [-0.39, 0.29) is 6.42 Å². The van der Waals surface area contributed by atoms with Crippen molar-refractivity contribution in [2.45, 2.75) is 119 Å². The average molecular weight is 653 g/mol. The Hall–Kier alpha value is -1.84. The SMILES string of the molecule is C[C@@H]1O[C@@H](O[C@@H]2CCCC[C@H]2O[C@@H]2O[C@@H](COS(=O)(=O)O)[C@H](O)[C@H](O[C@@H](Cc3ccccc3)C(=O)O)[C@@H]2O)[C@@H](O)[C@@H](O)[C@@H]1O. The van der Waals surface area contributed by atoms with Gasteiger partial charge in [0.15, 0.2) is 18.7 Å². The van der Waals surface area contributed by atoms with E-state index in [0.29, 0.717) is 31.2 Å². The zero-order valence-electron chi connectivity index (χ0n) is 23.8. The zero-order chi connectivity index (χ0) is 32.2. The van der Waals surface area contributed by atoms with Gasteiger partial charge in [-0.25, -0.2) is 8.98 Å². The molecule has 0 spiro atoms. The van der Waals surface area contributed by atoms with Gasteiger partial charge in [0.1, 0.15) is 42.7 Å². The molecule has 7 N–H and O–H groups in total. The first-order valence-corrected chi connectivity index (χ1v) is 15.7. The first kappa shape index (κ1) is 35.0. The van der Waals surface area contributed by atoms with Crippen LogP contribution < -0.4 is 0 Å². The van der Waals surface area contributed by atoms with Crippen molar-refractivity contribution >= 4 is 16.4 Å². The fraction of sp³-hybridized carbons (Fsp3) is 0.741. The number of hydrogen-bond acceptors (Lipinski definition) is 14. The molecule has 3 fully saturated rings. The predicted octanol–water partition coefficient (Wildman–Crippen LogP) is -1.49. The lowest BCUT2D eigenvalue weighted by Crippen LogP contribution is -2.62. The van der Waals surface area contributed by atoms with Crippen LogP contribution in [0.3, 0.4) is 0 Å². The van der Waals surface area contributed by atoms with Gasteiger partial charge in [-0.2, -0.15) is 8.42 Å². The first-order valence-electron chi connectivity index (χ1n) is 14.3. The highest BCUT2D eigenvalue weighted by Gasteiger charge is 2.50. The molecule has 16 nitrogen and oxygen atoms in total. The summed E-state index contributed by atoms with van der Waals surface area (Å²) in [5.41, 5.74) is 0.594. The summed E-state index contributed by atoms with van der Waals surface area (Å²) in [6, 6.07) is 8.47. The summed E-state index contributed by atoms with van der Waals surface area (Å²) in [5.74, 6) is -1.39. The molecule has 17 heteroatoms. The summed E-state index contributed by atoms with van der Waals surface area (Å²) >= 11 is 0. The average Bonchev–Trinajstić information content (AvgIpc) is 2.98. The highest BCUT2D eigenvalue weighted by molar-refractivity contribution is 7.80. The van der Waals surface area contributed by atoms with Crippen LogP contribution in [0, 0.1) is 0 Å². The van der Waals surface area contributed by atoms with E-state index in [1.54, 1.807) is 30.3 Å². The van der Waals surface area contributed by atoms with Crippen molar-refractivity contribution in [3.05, 3.63) is 35.9 Å². The van der Waals surface area contributed by atoms with E-state index in [1.165, 1.54) is 6.92 Å². The highest BCUT2D eigenvalue weighted by Crippen LogP contribution is 2.33. The Balaban J connectivity index is 1.52. The third kappa shape index (κ3) is 8.91. The Labute approximate surface area is 254 Å². The van der Waals surface area contributed by atoms with Crippen LogP contribution in [0.1, 0.15) is 38.2 Å². The van der Waals surface area contributed by atoms with Gasteiger partial charge in [-0.3, -0.25) is 4.55 Å². The Morgan fingerprint density at radius 2 is 1.48 bits per heavy atom. The van der Waals surface area contributed by atoms with Crippen molar-refractivity contribution in [1.82, 2.24) is 0 Å². The predicted molar refractivity (Wildman–Crippen MR) is 145 cm³/mol. The molecule has 1 aromatic carbocycles. The van der Waals surface area contributed by atoms with Crippen LogP contribution in [0.25, 0.3) is 0 Å². The standard InChI is InChI=1S/C27H40O16S/c1-13-19(28)21(30)22(31)26(39-13)41-15-9-5-6-10-16(15)42-27-23(32)24(20(29)18(43-27)12-38-44(35,36)37)40-17(25(33)34)11-14-7-3-2-4-8-14/h2-4,7-8,13,15-24,26-32H,5-6,9-12H2,1H3,(H,33,34)(H,35,36,37)/t13-,15+,16+,17-,18-,19+,20-,21-,22-,23-,24-,26-,27+/m0/s1. The van der Waals surface area contributed by atoms with E-state index in [4.69, 9.17) is 28.2 Å². The van der Waals surface area contributed by atoms with E-state index >= 15 is 0 Å². The number of rotatable bonds is 12. The number of aliphatic carboxylic acids is 1. The lowest BCUT2D eigenvalue weighted by Gasteiger charge is -2.46. The minimum atomic E-state index is -4.97. The maximum Gasteiger partial charge on any atom is 0.397 e. The molecule has 250 valence electrons. The van der Waals surface area contributed by atoms with E-state index in [2.05, 4.69) is 4.18 Å². The molecule has 3 aliphatic rings. The number of carboxylic acids is 1. The normalized spacial score (nSPS) is 39.1. The molecule has 0 unspecified atom stereocenters. The first-order chi connectivity index (χ1) is 20.7. The third-order valence-corrected chi connectivity index (χ3v) is 8.39. The number of carbonyl (C=O) groups is 1. The maximum atomic E-state index is 12.1. The summed E-state index contributed by atoms with van der Waals surface area (Å²) in [7, 11) is -4.97. The molecule has 44 heavy (non-hydrogen) atoms. The number of benzene rings is 1. The number of aliphatic hydroxyl groups is 5. The summed E-state index contributed by atoms with van der Waals surface area (Å²) in [5, 5.41) is 62.6. The topological polar surface area (TPSA) is 248 Å². The van der Waals surface area contributed by atoms with Gasteiger partial charge in [0.2, 0.25) is 0 Å². The second kappa shape index (κ2) is 15.2. The van der Waals surface area contributed by atoms with E-state index < -0.39 is 103 Å². The Morgan fingerprint density at radius 3 is 2.05 bits per heavy atom. The van der Waals surface area contributed by atoms with Gasteiger partial charge >= 0.3 is 16.4 Å². The van der Waals surface area contributed by atoms with Gasteiger partial charge < -0.3 is 54.3 Å². The van der Waals surface area contributed by atoms with Gasteiger partial charge in [0.25, 0.3) is 0 Å². The van der Waals surface area contributed by atoms with Crippen LogP contribution in [-0.4, -0.2) is 136 Å². The van der Waals surface area contributed by atoms with Crippen molar-refractivity contribution in [1.29, 1.82) is 0 Å². The lowest BCUT2D eigenvalue weighted by molar-refractivity contribution is -0.344. The van der Waals surface area contributed by atoms with Crippen molar-refractivity contribution in [2.24, 2.45) is 0 Å². The fourth-order valence-electron chi connectivity index (χ4n) is 5.52. The molecule has 2 saturated heterocycles. The van der Waals surface area contributed by atoms with Crippen LogP contribution in [0.4, 0.5) is 0 Å². The second-order valence-electron chi connectivity index (χ2n) is 11.2. The van der Waals surface area contributed by atoms with E-state index in [9.17, 15) is 43.9 Å². The number of aliphatic hydroxyl groups excluding tert-OH is 5. The van der Waals surface area contributed by atoms with Crippen molar-refractivity contribution in [3.63, 3.8) is 0 Å². The monoisotopic (exact) mass is 652 g/mol. The van der Waals surface area contributed by atoms with Crippen molar-refractivity contribution < 1.29 is 76.3 Å².